The standard InChI is InChI=1S/C26H24ClFN2O3S/c1-3-33-25(31)19-7-11-24-23(15-19)29-26(34-16-18-6-10-22(28)21(27)14-18)30(24)13-12-17-4-8-20(32-2)9-5-17/h4-11,14-15H,3,12-13,16H2,1-2H3. The number of rotatable bonds is 9. The maximum absolute atomic E-state index is 13.5. The number of hydrogen-bond acceptors (Lipinski definition) is 5. The second kappa shape index (κ2) is 10.9. The predicted octanol–water partition coefficient (Wildman–Crippen LogP) is 6.55. The first kappa shape index (κ1) is 24.1. The minimum Gasteiger partial charge on any atom is -0.497 e. The molecule has 3 aromatic carbocycles. The number of imidazole rings is 1. The molecule has 0 amide bonds. The smallest absolute Gasteiger partial charge is 0.338 e. The molecule has 0 spiro atoms. The Hall–Kier alpha value is -3.03. The molecule has 0 unspecified atom stereocenters. The number of aromatic nitrogens is 2. The Morgan fingerprint density at radius 2 is 1.85 bits per heavy atom. The van der Waals surface area contributed by atoms with Gasteiger partial charge in [-0.15, -0.1) is 0 Å². The number of fused-ring (bicyclic) bond motifs is 1. The lowest BCUT2D eigenvalue weighted by molar-refractivity contribution is 0.0526. The maximum Gasteiger partial charge on any atom is 0.338 e. The summed E-state index contributed by atoms with van der Waals surface area (Å²) in [5, 5.41) is 0.912. The summed E-state index contributed by atoms with van der Waals surface area (Å²) in [4.78, 5) is 17.0. The van der Waals surface area contributed by atoms with Crippen molar-refractivity contribution in [2.45, 2.75) is 30.8 Å². The molecule has 0 aliphatic heterocycles. The van der Waals surface area contributed by atoms with Crippen molar-refractivity contribution in [2.24, 2.45) is 0 Å². The Kier molecular flexibility index (Phi) is 7.75. The van der Waals surface area contributed by atoms with Gasteiger partial charge in [0.1, 0.15) is 11.6 Å². The largest absolute Gasteiger partial charge is 0.497 e. The molecule has 34 heavy (non-hydrogen) atoms. The summed E-state index contributed by atoms with van der Waals surface area (Å²) in [6, 6.07) is 18.1. The summed E-state index contributed by atoms with van der Waals surface area (Å²) < 4.78 is 26.1. The Morgan fingerprint density at radius 1 is 1.09 bits per heavy atom. The van der Waals surface area contributed by atoms with Crippen molar-refractivity contribution < 1.29 is 18.7 Å². The zero-order valence-corrected chi connectivity index (χ0v) is 20.5. The Balaban J connectivity index is 1.62. The molecular formula is C26H24ClFN2O3S. The van der Waals surface area contributed by atoms with Gasteiger partial charge < -0.3 is 14.0 Å². The van der Waals surface area contributed by atoms with Crippen LogP contribution in [-0.4, -0.2) is 29.2 Å². The number of aryl methyl sites for hydroxylation is 2. The van der Waals surface area contributed by atoms with Crippen molar-refractivity contribution in [2.75, 3.05) is 13.7 Å². The van der Waals surface area contributed by atoms with Crippen LogP contribution >= 0.6 is 23.4 Å². The molecule has 1 aromatic heterocycles. The number of methoxy groups -OCH3 is 1. The van der Waals surface area contributed by atoms with Crippen molar-refractivity contribution in [1.29, 1.82) is 0 Å². The predicted molar refractivity (Wildman–Crippen MR) is 133 cm³/mol. The first-order chi connectivity index (χ1) is 16.5. The fourth-order valence-electron chi connectivity index (χ4n) is 3.59. The van der Waals surface area contributed by atoms with Gasteiger partial charge in [0, 0.05) is 12.3 Å². The van der Waals surface area contributed by atoms with E-state index in [1.165, 1.54) is 11.6 Å². The molecule has 0 bridgehead atoms. The number of halogens is 2. The summed E-state index contributed by atoms with van der Waals surface area (Å²) in [6.45, 7) is 2.80. The molecule has 1 heterocycles. The molecule has 8 heteroatoms. The van der Waals surface area contributed by atoms with E-state index >= 15 is 0 Å². The van der Waals surface area contributed by atoms with Crippen LogP contribution < -0.4 is 4.74 Å². The third kappa shape index (κ3) is 5.54. The molecule has 0 radical (unpaired) electrons. The van der Waals surface area contributed by atoms with Crippen LogP contribution in [-0.2, 0) is 23.5 Å². The fourth-order valence-corrected chi connectivity index (χ4v) is 4.77. The fraction of sp³-hybridized carbons (Fsp3) is 0.231. The second-order valence-electron chi connectivity index (χ2n) is 7.61. The van der Waals surface area contributed by atoms with Crippen molar-refractivity contribution in [3.05, 3.63) is 88.2 Å². The molecule has 0 fully saturated rings. The molecular weight excluding hydrogens is 475 g/mol. The third-order valence-electron chi connectivity index (χ3n) is 5.36. The Labute approximate surface area is 206 Å². The van der Waals surface area contributed by atoms with Gasteiger partial charge in [-0.2, -0.15) is 0 Å². The highest BCUT2D eigenvalue weighted by molar-refractivity contribution is 7.98. The van der Waals surface area contributed by atoms with Crippen LogP contribution in [0.15, 0.2) is 65.8 Å². The van der Waals surface area contributed by atoms with Crippen LogP contribution in [0.5, 0.6) is 5.75 Å². The van der Waals surface area contributed by atoms with Crippen LogP contribution in [0.3, 0.4) is 0 Å². The molecule has 176 valence electrons. The Morgan fingerprint density at radius 3 is 2.56 bits per heavy atom. The number of nitrogens with zero attached hydrogens (tertiary/aromatic N) is 2. The molecule has 0 aliphatic carbocycles. The number of carbonyl (C=O) groups excluding carboxylic acids is 1. The molecule has 4 rings (SSSR count). The number of benzene rings is 3. The van der Waals surface area contributed by atoms with E-state index < -0.39 is 5.82 Å². The lowest BCUT2D eigenvalue weighted by Crippen LogP contribution is -2.05. The number of thioether (sulfide) groups is 1. The lowest BCUT2D eigenvalue weighted by atomic mass is 10.1. The van der Waals surface area contributed by atoms with Gasteiger partial charge in [-0.05, 0) is 66.9 Å². The molecule has 0 N–H and O–H groups in total. The van der Waals surface area contributed by atoms with Crippen LogP contribution in [0, 0.1) is 5.82 Å². The molecule has 0 saturated carbocycles. The second-order valence-corrected chi connectivity index (χ2v) is 8.95. The number of carbonyl (C=O) groups is 1. The summed E-state index contributed by atoms with van der Waals surface area (Å²) >= 11 is 7.49. The average molecular weight is 499 g/mol. The summed E-state index contributed by atoms with van der Waals surface area (Å²) in [6.07, 6.45) is 0.797. The van der Waals surface area contributed by atoms with Gasteiger partial charge in [-0.25, -0.2) is 14.2 Å². The number of ether oxygens (including phenoxy) is 2. The van der Waals surface area contributed by atoms with Gasteiger partial charge in [0.15, 0.2) is 5.16 Å². The topological polar surface area (TPSA) is 53.3 Å². The van der Waals surface area contributed by atoms with Crippen LogP contribution in [0.4, 0.5) is 4.39 Å². The minimum absolute atomic E-state index is 0.102. The van der Waals surface area contributed by atoms with E-state index in [2.05, 4.69) is 4.57 Å². The van der Waals surface area contributed by atoms with E-state index in [0.717, 1.165) is 33.9 Å². The number of esters is 1. The van der Waals surface area contributed by atoms with Crippen molar-refractivity contribution in [3.63, 3.8) is 0 Å². The monoisotopic (exact) mass is 498 g/mol. The quantitative estimate of drug-likeness (QED) is 0.193. The first-order valence-electron chi connectivity index (χ1n) is 10.9. The van der Waals surface area contributed by atoms with Gasteiger partial charge in [0.25, 0.3) is 0 Å². The normalized spacial score (nSPS) is 11.1. The van der Waals surface area contributed by atoms with Gasteiger partial charge >= 0.3 is 5.97 Å². The zero-order valence-electron chi connectivity index (χ0n) is 18.9. The van der Waals surface area contributed by atoms with Gasteiger partial charge in [-0.1, -0.05) is 41.6 Å². The van der Waals surface area contributed by atoms with E-state index in [0.29, 0.717) is 24.5 Å². The Bertz CT molecular complexity index is 1310. The highest BCUT2D eigenvalue weighted by Crippen LogP contribution is 2.29. The van der Waals surface area contributed by atoms with Crippen molar-refractivity contribution in [1.82, 2.24) is 9.55 Å². The molecule has 4 aromatic rings. The average Bonchev–Trinajstić information content (AvgIpc) is 3.20. The van der Waals surface area contributed by atoms with E-state index in [1.807, 2.05) is 30.3 Å². The summed E-state index contributed by atoms with van der Waals surface area (Å²) in [5.41, 5.74) is 4.20. The lowest BCUT2D eigenvalue weighted by Gasteiger charge is -2.10. The van der Waals surface area contributed by atoms with E-state index in [9.17, 15) is 9.18 Å². The molecule has 0 aliphatic rings. The van der Waals surface area contributed by atoms with E-state index in [1.54, 1.807) is 50.1 Å². The SMILES string of the molecule is CCOC(=O)c1ccc2c(c1)nc(SCc1ccc(F)c(Cl)c1)n2CCc1ccc(OC)cc1. The molecule has 0 saturated heterocycles. The van der Waals surface area contributed by atoms with Crippen LogP contribution in [0.25, 0.3) is 11.0 Å². The van der Waals surface area contributed by atoms with E-state index in [-0.39, 0.29) is 11.0 Å². The molecule has 0 atom stereocenters. The van der Waals surface area contributed by atoms with E-state index in [4.69, 9.17) is 26.1 Å². The first-order valence-corrected chi connectivity index (χ1v) is 12.2. The minimum atomic E-state index is -0.436. The van der Waals surface area contributed by atoms with Gasteiger partial charge in [0.2, 0.25) is 0 Å². The van der Waals surface area contributed by atoms with Crippen LogP contribution in [0.1, 0.15) is 28.4 Å². The van der Waals surface area contributed by atoms with Gasteiger partial charge in [0.05, 0.1) is 35.3 Å². The highest BCUT2D eigenvalue weighted by Gasteiger charge is 2.15. The summed E-state index contributed by atoms with van der Waals surface area (Å²) in [7, 11) is 1.65. The van der Waals surface area contributed by atoms with Crippen molar-refractivity contribution >= 4 is 40.4 Å². The maximum atomic E-state index is 13.5. The molecule has 5 nitrogen and oxygen atoms in total. The van der Waals surface area contributed by atoms with Gasteiger partial charge in [-0.3, -0.25) is 0 Å². The highest BCUT2D eigenvalue weighted by atomic mass is 35.5. The zero-order chi connectivity index (χ0) is 24.1. The van der Waals surface area contributed by atoms with Crippen LogP contribution in [0.2, 0.25) is 5.02 Å². The summed E-state index contributed by atoms with van der Waals surface area (Å²) in [5.74, 6) is 0.592. The number of hydrogen-bond donors (Lipinski definition) is 0. The van der Waals surface area contributed by atoms with Crippen molar-refractivity contribution in [3.8, 4) is 5.75 Å². The third-order valence-corrected chi connectivity index (χ3v) is 6.70.